The molecular weight excluding hydrogens is 313 g/mol. The fraction of sp³-hybridized carbons (Fsp3) is 0.182. The molecule has 0 fully saturated rings. The highest BCUT2D eigenvalue weighted by atomic mass is 35.5. The van der Waals surface area contributed by atoms with E-state index in [-0.39, 0.29) is 5.16 Å². The highest BCUT2D eigenvalue weighted by Crippen LogP contribution is 2.32. The molecule has 3 rings (SSSR count). The molecule has 2 aromatic rings. The summed E-state index contributed by atoms with van der Waals surface area (Å²) in [4.78, 5) is 0. The van der Waals surface area contributed by atoms with Gasteiger partial charge in [-0.1, -0.05) is 35.5 Å². The molecule has 1 aromatic carbocycles. The second kappa shape index (κ2) is 4.78. The van der Waals surface area contributed by atoms with E-state index in [9.17, 15) is 13.2 Å². The number of hydrogen-bond acceptors (Lipinski definition) is 4. The van der Waals surface area contributed by atoms with E-state index in [1.807, 2.05) is 0 Å². The summed E-state index contributed by atoms with van der Waals surface area (Å²) in [5.41, 5.74) is 1.17. The molecule has 0 radical (unpaired) electrons. The average molecular weight is 319 g/mol. The average Bonchev–Trinajstić information content (AvgIpc) is 2.81. The molecule has 4 nitrogen and oxygen atoms in total. The van der Waals surface area contributed by atoms with Crippen LogP contribution in [0.15, 0.2) is 34.5 Å². The minimum Gasteiger partial charge on any atom is -0.182 e. The molecule has 0 amide bonds. The number of fused-ring (bicyclic) bond motifs is 1. The van der Waals surface area contributed by atoms with Gasteiger partial charge in [-0.2, -0.15) is 22.9 Å². The summed E-state index contributed by atoms with van der Waals surface area (Å²) >= 11 is 7.02. The molecule has 9 heteroatoms. The van der Waals surface area contributed by atoms with Crippen LogP contribution in [0.1, 0.15) is 11.4 Å². The number of halogens is 4. The topological polar surface area (TPSA) is 43.1 Å². The van der Waals surface area contributed by atoms with E-state index in [0.29, 0.717) is 22.1 Å². The van der Waals surface area contributed by atoms with E-state index in [2.05, 4.69) is 15.3 Å². The van der Waals surface area contributed by atoms with Crippen molar-refractivity contribution in [3.05, 3.63) is 40.7 Å². The van der Waals surface area contributed by atoms with Crippen LogP contribution in [-0.4, -0.2) is 26.3 Å². The number of rotatable bonds is 1. The summed E-state index contributed by atoms with van der Waals surface area (Å²) in [6, 6.07) is 6.81. The molecule has 0 saturated heterocycles. The first-order valence-corrected chi connectivity index (χ1v) is 6.81. The van der Waals surface area contributed by atoms with E-state index in [1.165, 1.54) is 0 Å². The van der Waals surface area contributed by atoms with Gasteiger partial charge in [0.05, 0.1) is 5.71 Å². The maximum absolute atomic E-state index is 12.8. The van der Waals surface area contributed by atoms with Crippen molar-refractivity contribution in [1.29, 1.82) is 0 Å². The summed E-state index contributed by atoms with van der Waals surface area (Å²) < 4.78 is 39.1. The molecule has 0 spiro atoms. The Bertz CT molecular complexity index is 695. The van der Waals surface area contributed by atoms with Crippen molar-refractivity contribution in [2.24, 2.45) is 5.10 Å². The first kappa shape index (κ1) is 13.4. The number of thioether (sulfide) groups is 1. The molecule has 0 atom stereocenters. The van der Waals surface area contributed by atoms with Gasteiger partial charge in [-0.15, -0.1) is 10.2 Å². The molecule has 0 saturated carbocycles. The number of alkyl halides is 3. The molecule has 0 bridgehead atoms. The smallest absolute Gasteiger partial charge is 0.182 e. The third-order valence-corrected chi connectivity index (χ3v) is 3.75. The van der Waals surface area contributed by atoms with Crippen molar-refractivity contribution in [3.63, 3.8) is 0 Å². The molecule has 0 N–H and O–H groups in total. The molecule has 1 aromatic heterocycles. The Morgan fingerprint density at radius 2 is 2.05 bits per heavy atom. The molecule has 1 aliphatic rings. The lowest BCUT2D eigenvalue weighted by Crippen LogP contribution is -2.18. The van der Waals surface area contributed by atoms with Crippen LogP contribution >= 0.6 is 23.4 Å². The van der Waals surface area contributed by atoms with Crippen LogP contribution in [0.4, 0.5) is 13.2 Å². The summed E-state index contributed by atoms with van der Waals surface area (Å²) in [6.07, 6.45) is -4.59. The Kier molecular flexibility index (Phi) is 3.21. The van der Waals surface area contributed by atoms with Gasteiger partial charge in [0, 0.05) is 16.3 Å². The van der Waals surface area contributed by atoms with E-state index < -0.39 is 12.0 Å². The zero-order chi connectivity index (χ0) is 14.3. The molecule has 104 valence electrons. The van der Waals surface area contributed by atoms with Crippen LogP contribution < -0.4 is 0 Å². The highest BCUT2D eigenvalue weighted by molar-refractivity contribution is 7.99. The molecule has 0 aliphatic carbocycles. The monoisotopic (exact) mass is 318 g/mol. The molecule has 0 unspecified atom stereocenters. The van der Waals surface area contributed by atoms with Gasteiger partial charge < -0.3 is 0 Å². The maximum Gasteiger partial charge on any atom is 0.453 e. The van der Waals surface area contributed by atoms with Gasteiger partial charge in [0.25, 0.3) is 5.82 Å². The predicted molar refractivity (Wildman–Crippen MR) is 69.1 cm³/mol. The van der Waals surface area contributed by atoms with Crippen molar-refractivity contribution in [2.45, 2.75) is 11.3 Å². The van der Waals surface area contributed by atoms with E-state index in [0.717, 1.165) is 16.4 Å². The summed E-state index contributed by atoms with van der Waals surface area (Å²) in [5, 5.41) is 11.3. The van der Waals surface area contributed by atoms with Gasteiger partial charge in [0.1, 0.15) is 0 Å². The number of hydrogen-bond donors (Lipinski definition) is 0. The lowest BCUT2D eigenvalue weighted by molar-refractivity contribution is -0.147. The Morgan fingerprint density at radius 3 is 2.75 bits per heavy atom. The van der Waals surface area contributed by atoms with Gasteiger partial charge in [0.15, 0.2) is 0 Å². The second-order valence-corrected chi connectivity index (χ2v) is 5.34. The van der Waals surface area contributed by atoms with Gasteiger partial charge in [-0.3, -0.25) is 0 Å². The first-order chi connectivity index (χ1) is 9.45. The number of benzene rings is 1. The van der Waals surface area contributed by atoms with Gasteiger partial charge >= 0.3 is 6.18 Å². The third kappa shape index (κ3) is 2.40. The Morgan fingerprint density at radius 1 is 1.25 bits per heavy atom. The molecular formula is C11H6ClF3N4S. The highest BCUT2D eigenvalue weighted by Gasteiger charge is 2.39. The standard InChI is InChI=1S/C11H6ClF3N4S/c12-7-3-1-2-6(4-7)8-5-20-10-17-16-9(11(13,14)15)19(10)18-8/h1-4H,5H2. The first-order valence-electron chi connectivity index (χ1n) is 5.44. The lowest BCUT2D eigenvalue weighted by atomic mass is 10.1. The van der Waals surface area contributed by atoms with E-state index >= 15 is 0 Å². The predicted octanol–water partition coefficient (Wildman–Crippen LogP) is 3.31. The fourth-order valence-electron chi connectivity index (χ4n) is 1.71. The molecule has 20 heavy (non-hydrogen) atoms. The van der Waals surface area contributed by atoms with Crippen molar-refractivity contribution in [3.8, 4) is 0 Å². The van der Waals surface area contributed by atoms with Crippen LogP contribution in [0.5, 0.6) is 0 Å². The van der Waals surface area contributed by atoms with E-state index in [4.69, 9.17) is 11.6 Å². The lowest BCUT2D eigenvalue weighted by Gasteiger charge is -2.14. The van der Waals surface area contributed by atoms with Crippen LogP contribution in [0, 0.1) is 0 Å². The minimum absolute atomic E-state index is 0.128. The van der Waals surface area contributed by atoms with Gasteiger partial charge in [-0.25, -0.2) is 0 Å². The van der Waals surface area contributed by atoms with Crippen LogP contribution in [0.25, 0.3) is 0 Å². The quantitative estimate of drug-likeness (QED) is 0.810. The maximum atomic E-state index is 12.8. The van der Waals surface area contributed by atoms with Crippen LogP contribution in [-0.2, 0) is 6.18 Å². The SMILES string of the molecule is FC(F)(F)c1nnc2n1N=C(c1cccc(Cl)c1)CS2. The number of nitrogens with zero attached hydrogens (tertiary/aromatic N) is 4. The zero-order valence-electron chi connectivity index (χ0n) is 9.73. The third-order valence-electron chi connectivity index (χ3n) is 2.58. The van der Waals surface area contributed by atoms with Crippen LogP contribution in [0.2, 0.25) is 5.02 Å². The Balaban J connectivity index is 2.07. The molecule has 2 heterocycles. The van der Waals surface area contributed by atoms with E-state index in [1.54, 1.807) is 24.3 Å². The van der Waals surface area contributed by atoms with Crippen molar-refractivity contribution < 1.29 is 13.2 Å². The van der Waals surface area contributed by atoms with Crippen LogP contribution in [0.3, 0.4) is 0 Å². The summed E-state index contributed by atoms with van der Waals surface area (Å²) in [5.74, 6) is -0.713. The molecule has 1 aliphatic heterocycles. The van der Waals surface area contributed by atoms with Crippen molar-refractivity contribution in [2.75, 3.05) is 5.75 Å². The van der Waals surface area contributed by atoms with Gasteiger partial charge in [-0.05, 0) is 12.1 Å². The normalized spacial score (nSPS) is 14.9. The number of aromatic nitrogens is 3. The van der Waals surface area contributed by atoms with Crippen molar-refractivity contribution >= 4 is 29.1 Å². The fourth-order valence-corrected chi connectivity index (χ4v) is 2.74. The van der Waals surface area contributed by atoms with Crippen molar-refractivity contribution in [1.82, 2.24) is 14.9 Å². The second-order valence-electron chi connectivity index (χ2n) is 3.96. The summed E-state index contributed by atoms with van der Waals surface area (Å²) in [6.45, 7) is 0. The zero-order valence-corrected chi connectivity index (χ0v) is 11.3. The minimum atomic E-state index is -4.59. The summed E-state index contributed by atoms with van der Waals surface area (Å²) in [7, 11) is 0. The van der Waals surface area contributed by atoms with Gasteiger partial charge in [0.2, 0.25) is 5.16 Å². The Labute approximate surface area is 120 Å². The largest absolute Gasteiger partial charge is 0.453 e. The Hall–Kier alpha value is -1.54.